The number of hydrogen-bond donors (Lipinski definition) is 2. The number of amides is 1. The summed E-state index contributed by atoms with van der Waals surface area (Å²) in [5, 5.41) is 3.28. The van der Waals surface area contributed by atoms with Gasteiger partial charge in [0.15, 0.2) is 11.5 Å². The molecule has 1 aromatic carbocycles. The van der Waals surface area contributed by atoms with Crippen LogP contribution in [0.2, 0.25) is 0 Å². The van der Waals surface area contributed by atoms with Gasteiger partial charge in [-0.25, -0.2) is 9.97 Å². The molecule has 4 heterocycles. The van der Waals surface area contributed by atoms with Crippen molar-refractivity contribution in [3.63, 3.8) is 0 Å². The predicted molar refractivity (Wildman–Crippen MR) is 99.4 cm³/mol. The van der Waals surface area contributed by atoms with Crippen LogP contribution in [-0.4, -0.2) is 66.8 Å². The molecule has 152 valence electrons. The van der Waals surface area contributed by atoms with Crippen molar-refractivity contribution >= 4 is 11.9 Å². The molecule has 0 saturated carbocycles. The largest absolute Gasteiger partial charge is 0.454 e. The fourth-order valence-electron chi connectivity index (χ4n) is 3.73. The zero-order chi connectivity index (χ0) is 19.8. The fraction of sp³-hybridized carbons (Fsp3) is 0.421. The third kappa shape index (κ3) is 3.57. The molecule has 1 aromatic heterocycles. The molecule has 2 fully saturated rings. The van der Waals surface area contributed by atoms with E-state index in [0.29, 0.717) is 24.9 Å². The number of carbonyl (C=O) groups is 1. The lowest BCUT2D eigenvalue weighted by molar-refractivity contribution is -0.126. The average molecular weight is 400 g/mol. The molecule has 29 heavy (non-hydrogen) atoms. The summed E-state index contributed by atoms with van der Waals surface area (Å²) in [5.41, 5.74) is 6.80. The van der Waals surface area contributed by atoms with Crippen LogP contribution in [0, 0.1) is 0 Å². The molecule has 3 aliphatic heterocycles. The molecule has 0 unspecified atom stereocenters. The number of nitrogens with two attached hydrogens (primary N) is 1. The molecular weight excluding hydrogens is 380 g/mol. The predicted octanol–water partition coefficient (Wildman–Crippen LogP) is 0.321. The molecule has 10 heteroatoms. The van der Waals surface area contributed by atoms with E-state index in [1.54, 1.807) is 6.20 Å². The van der Waals surface area contributed by atoms with E-state index in [9.17, 15) is 4.79 Å². The Hall–Kier alpha value is -2.95. The van der Waals surface area contributed by atoms with Crippen LogP contribution < -0.4 is 20.5 Å². The number of fused-ring (bicyclic) bond motifs is 2. The summed E-state index contributed by atoms with van der Waals surface area (Å²) in [6.07, 6.45) is 0.895. The van der Waals surface area contributed by atoms with E-state index in [4.69, 9.17) is 29.4 Å². The van der Waals surface area contributed by atoms with E-state index in [1.807, 2.05) is 24.3 Å². The second kappa shape index (κ2) is 7.47. The number of ether oxygens (including phenoxy) is 5. The molecule has 3 N–H and O–H groups in total. The number of benzene rings is 1. The van der Waals surface area contributed by atoms with E-state index in [2.05, 4.69) is 15.3 Å². The Balaban J connectivity index is 1.27. The highest BCUT2D eigenvalue weighted by molar-refractivity contribution is 5.75. The molecule has 1 amide bonds. The Bertz CT molecular complexity index is 925. The number of rotatable bonds is 6. The van der Waals surface area contributed by atoms with Crippen molar-refractivity contribution in [3.8, 4) is 22.8 Å². The van der Waals surface area contributed by atoms with Crippen molar-refractivity contribution in [1.82, 2.24) is 9.97 Å². The van der Waals surface area contributed by atoms with E-state index < -0.39 is 5.91 Å². The second-order valence-corrected chi connectivity index (χ2v) is 7.00. The first kappa shape index (κ1) is 18.1. The molecule has 3 aliphatic rings. The Labute approximate surface area is 166 Å². The smallest absolute Gasteiger partial charge is 0.243 e. The number of nitrogens with zero attached hydrogens (tertiary/aromatic N) is 2. The Morgan fingerprint density at radius 3 is 2.93 bits per heavy atom. The van der Waals surface area contributed by atoms with Gasteiger partial charge in [0.1, 0.15) is 24.9 Å². The minimum Gasteiger partial charge on any atom is -0.454 e. The molecule has 2 aromatic rings. The summed E-state index contributed by atoms with van der Waals surface area (Å²) in [6.45, 7) is 0.839. The highest BCUT2D eigenvalue weighted by Gasteiger charge is 2.48. The van der Waals surface area contributed by atoms with Gasteiger partial charge in [-0.1, -0.05) is 0 Å². The molecule has 0 aliphatic carbocycles. The van der Waals surface area contributed by atoms with Crippen LogP contribution in [0.15, 0.2) is 30.5 Å². The topological polar surface area (TPSA) is 127 Å². The van der Waals surface area contributed by atoms with Crippen LogP contribution >= 0.6 is 0 Å². The zero-order valence-corrected chi connectivity index (χ0v) is 15.4. The Morgan fingerprint density at radius 1 is 1.17 bits per heavy atom. The third-order valence-corrected chi connectivity index (χ3v) is 5.09. The molecular formula is C19H20N4O6. The van der Waals surface area contributed by atoms with E-state index >= 15 is 0 Å². The maximum Gasteiger partial charge on any atom is 0.243 e. The standard InChI is InChI=1S/C19H20N4O6/c20-16(24)8-25-15-7-27-17-12(6-26-18(15)17)23-19-21-4-3-11(22-19)10-1-2-13-14(5-10)29-9-28-13/h1-5,12,15,17-18H,6-9H2,(H2,20,24)(H,21,22,23)/t12-,15-,17-,18+/m1/s1. The van der Waals surface area contributed by atoms with Crippen LogP contribution in [0.1, 0.15) is 0 Å². The molecule has 4 atom stereocenters. The van der Waals surface area contributed by atoms with Crippen molar-refractivity contribution in [1.29, 1.82) is 0 Å². The van der Waals surface area contributed by atoms with Gasteiger partial charge < -0.3 is 34.7 Å². The summed E-state index contributed by atoms with van der Waals surface area (Å²) in [7, 11) is 0. The molecule has 10 nitrogen and oxygen atoms in total. The summed E-state index contributed by atoms with van der Waals surface area (Å²) in [5.74, 6) is 1.38. The molecule has 0 bridgehead atoms. The minimum atomic E-state index is -0.519. The van der Waals surface area contributed by atoms with E-state index in [1.165, 1.54) is 0 Å². The quantitative estimate of drug-likeness (QED) is 0.705. The highest BCUT2D eigenvalue weighted by atomic mass is 16.7. The summed E-state index contributed by atoms with van der Waals surface area (Å²) in [4.78, 5) is 19.9. The number of primary amides is 1. The van der Waals surface area contributed by atoms with Gasteiger partial charge >= 0.3 is 0 Å². The molecule has 0 spiro atoms. The third-order valence-electron chi connectivity index (χ3n) is 5.09. The number of anilines is 1. The number of aromatic nitrogens is 2. The molecule has 2 saturated heterocycles. The van der Waals surface area contributed by atoms with Gasteiger partial charge in [0.2, 0.25) is 18.6 Å². The number of hydrogen-bond acceptors (Lipinski definition) is 9. The van der Waals surface area contributed by atoms with Gasteiger partial charge in [-0.3, -0.25) is 4.79 Å². The summed E-state index contributed by atoms with van der Waals surface area (Å²) < 4.78 is 27.9. The first-order valence-corrected chi connectivity index (χ1v) is 9.30. The van der Waals surface area contributed by atoms with Gasteiger partial charge in [-0.05, 0) is 24.3 Å². The van der Waals surface area contributed by atoms with Gasteiger partial charge in [0, 0.05) is 11.8 Å². The molecule has 0 radical (unpaired) electrons. The maximum atomic E-state index is 10.9. The number of carbonyl (C=O) groups excluding carboxylic acids is 1. The van der Waals surface area contributed by atoms with Crippen molar-refractivity contribution in [2.45, 2.75) is 24.4 Å². The van der Waals surface area contributed by atoms with Crippen molar-refractivity contribution in [2.24, 2.45) is 5.73 Å². The lowest BCUT2D eigenvalue weighted by Gasteiger charge is -2.18. The minimum absolute atomic E-state index is 0.130. The normalized spacial score (nSPS) is 27.0. The van der Waals surface area contributed by atoms with Crippen molar-refractivity contribution in [3.05, 3.63) is 30.5 Å². The van der Waals surface area contributed by atoms with Crippen LogP contribution in [0.5, 0.6) is 11.5 Å². The van der Waals surface area contributed by atoms with Gasteiger partial charge in [0.25, 0.3) is 0 Å². The van der Waals surface area contributed by atoms with E-state index in [-0.39, 0.29) is 37.8 Å². The van der Waals surface area contributed by atoms with Crippen LogP contribution in [0.3, 0.4) is 0 Å². The average Bonchev–Trinajstić information content (AvgIpc) is 3.44. The van der Waals surface area contributed by atoms with Crippen molar-refractivity contribution in [2.75, 3.05) is 31.9 Å². The lowest BCUT2D eigenvalue weighted by atomic mass is 10.1. The first-order chi connectivity index (χ1) is 14.2. The monoisotopic (exact) mass is 400 g/mol. The SMILES string of the molecule is NC(=O)CO[C@@H]1CO[C@H]2[C@H]1OC[C@H]2Nc1nccc(-c2ccc3c(c2)OCO3)n1. The summed E-state index contributed by atoms with van der Waals surface area (Å²) in [6, 6.07) is 7.38. The highest BCUT2D eigenvalue weighted by Crippen LogP contribution is 2.35. The summed E-state index contributed by atoms with van der Waals surface area (Å²) >= 11 is 0. The fourth-order valence-corrected chi connectivity index (χ4v) is 3.73. The van der Waals surface area contributed by atoms with Gasteiger partial charge in [0.05, 0.1) is 24.9 Å². The van der Waals surface area contributed by atoms with Gasteiger partial charge in [-0.15, -0.1) is 0 Å². The lowest BCUT2D eigenvalue weighted by Crippen LogP contribution is -2.37. The van der Waals surface area contributed by atoms with Crippen LogP contribution in [0.25, 0.3) is 11.3 Å². The van der Waals surface area contributed by atoms with Gasteiger partial charge in [-0.2, -0.15) is 0 Å². The Morgan fingerprint density at radius 2 is 2.03 bits per heavy atom. The number of nitrogens with one attached hydrogen (secondary N) is 1. The van der Waals surface area contributed by atoms with Crippen molar-refractivity contribution < 1.29 is 28.5 Å². The second-order valence-electron chi connectivity index (χ2n) is 7.00. The van der Waals surface area contributed by atoms with Crippen LogP contribution in [-0.2, 0) is 19.0 Å². The zero-order valence-electron chi connectivity index (χ0n) is 15.4. The maximum absolute atomic E-state index is 10.9. The molecule has 5 rings (SSSR count). The van der Waals surface area contributed by atoms with E-state index in [0.717, 1.165) is 17.0 Å². The van der Waals surface area contributed by atoms with Crippen LogP contribution in [0.4, 0.5) is 5.95 Å². The first-order valence-electron chi connectivity index (χ1n) is 9.30. The Kier molecular flexibility index (Phi) is 4.66.